The van der Waals surface area contributed by atoms with Crippen LogP contribution in [0.4, 0.5) is 0 Å². The Labute approximate surface area is 148 Å². The highest BCUT2D eigenvalue weighted by atomic mass is 16.5. The van der Waals surface area contributed by atoms with Crippen molar-refractivity contribution in [3.8, 4) is 11.5 Å². The number of hydrogen-bond donors (Lipinski definition) is 1. The van der Waals surface area contributed by atoms with Gasteiger partial charge in [0.05, 0.1) is 12.8 Å². The van der Waals surface area contributed by atoms with E-state index in [0.29, 0.717) is 31.2 Å². The van der Waals surface area contributed by atoms with E-state index in [9.17, 15) is 4.79 Å². The highest BCUT2D eigenvalue weighted by molar-refractivity contribution is 5.83. The molecule has 0 saturated carbocycles. The van der Waals surface area contributed by atoms with Crippen LogP contribution in [0.5, 0.6) is 0 Å². The molecule has 1 saturated heterocycles. The molecule has 0 spiro atoms. The Morgan fingerprint density at radius 2 is 2.23 bits per heavy atom. The van der Waals surface area contributed by atoms with Gasteiger partial charge in [-0.05, 0) is 35.7 Å². The van der Waals surface area contributed by atoms with Crippen molar-refractivity contribution in [2.75, 3.05) is 6.54 Å². The molecule has 26 heavy (non-hydrogen) atoms. The second kappa shape index (κ2) is 5.87. The molecule has 1 aliphatic heterocycles. The summed E-state index contributed by atoms with van der Waals surface area (Å²) in [5.74, 6) is 1.82. The lowest BCUT2D eigenvalue weighted by atomic mass is 10.1. The fourth-order valence-electron chi connectivity index (χ4n) is 3.39. The molecule has 130 valence electrons. The number of aromatic amines is 1. The third-order valence-corrected chi connectivity index (χ3v) is 4.75. The van der Waals surface area contributed by atoms with Gasteiger partial charge in [0.25, 0.3) is 5.89 Å². The number of hydrogen-bond acceptors (Lipinski definition) is 5. The van der Waals surface area contributed by atoms with Gasteiger partial charge in [-0.1, -0.05) is 11.2 Å². The van der Waals surface area contributed by atoms with Gasteiger partial charge in [0.15, 0.2) is 5.82 Å². The van der Waals surface area contributed by atoms with Crippen LogP contribution in [0.15, 0.2) is 57.8 Å². The molecule has 1 N–H and O–H groups in total. The molecule has 1 aromatic carbocycles. The van der Waals surface area contributed by atoms with E-state index >= 15 is 0 Å². The molecule has 3 aromatic heterocycles. The predicted molar refractivity (Wildman–Crippen MR) is 93.1 cm³/mol. The van der Waals surface area contributed by atoms with Crippen LogP contribution in [-0.4, -0.2) is 32.5 Å². The summed E-state index contributed by atoms with van der Waals surface area (Å²) in [6.07, 6.45) is 3.89. The molecule has 1 fully saturated rings. The lowest BCUT2D eigenvalue weighted by Gasteiger charge is -2.13. The van der Waals surface area contributed by atoms with E-state index in [1.54, 1.807) is 11.2 Å². The Balaban J connectivity index is 1.35. The number of furan rings is 1. The van der Waals surface area contributed by atoms with Crippen molar-refractivity contribution in [1.82, 2.24) is 20.0 Å². The highest BCUT2D eigenvalue weighted by Crippen LogP contribution is 2.30. The summed E-state index contributed by atoms with van der Waals surface area (Å²) < 4.78 is 10.8. The van der Waals surface area contributed by atoms with Crippen LogP contribution in [-0.2, 0) is 11.3 Å². The maximum atomic E-state index is 12.3. The molecule has 5 rings (SSSR count). The van der Waals surface area contributed by atoms with Gasteiger partial charge < -0.3 is 18.8 Å². The number of amides is 1. The Kier molecular flexibility index (Phi) is 3.38. The minimum atomic E-state index is -0.0656. The van der Waals surface area contributed by atoms with Gasteiger partial charge in [-0.3, -0.25) is 4.79 Å². The van der Waals surface area contributed by atoms with Crippen molar-refractivity contribution in [3.63, 3.8) is 0 Å². The first-order chi connectivity index (χ1) is 12.8. The Bertz CT molecular complexity index is 1060. The zero-order chi connectivity index (χ0) is 17.5. The molecular weight excluding hydrogens is 332 g/mol. The Hall–Kier alpha value is -3.35. The summed E-state index contributed by atoms with van der Waals surface area (Å²) in [7, 11) is 0. The lowest BCUT2D eigenvalue weighted by molar-refractivity contribution is -0.128. The van der Waals surface area contributed by atoms with E-state index in [4.69, 9.17) is 8.94 Å². The van der Waals surface area contributed by atoms with Crippen LogP contribution in [0, 0.1) is 0 Å². The second-order valence-corrected chi connectivity index (χ2v) is 6.49. The Morgan fingerprint density at radius 1 is 1.27 bits per heavy atom. The number of H-pyrrole nitrogens is 1. The van der Waals surface area contributed by atoms with Gasteiger partial charge in [0.1, 0.15) is 5.76 Å². The number of likely N-dealkylation sites (tertiary alicyclic amines) is 1. The zero-order valence-corrected chi connectivity index (χ0v) is 13.9. The molecule has 0 aliphatic carbocycles. The zero-order valence-electron chi connectivity index (χ0n) is 13.9. The number of rotatable bonds is 4. The van der Waals surface area contributed by atoms with Crippen LogP contribution < -0.4 is 0 Å². The van der Waals surface area contributed by atoms with Gasteiger partial charge in [-0.2, -0.15) is 4.98 Å². The molecule has 1 unspecified atom stereocenters. The van der Waals surface area contributed by atoms with E-state index in [2.05, 4.69) is 15.1 Å². The molecule has 7 heteroatoms. The predicted octanol–water partition coefficient (Wildman–Crippen LogP) is 3.33. The fourth-order valence-corrected chi connectivity index (χ4v) is 3.39. The molecule has 1 amide bonds. The number of carbonyl (C=O) groups is 1. The maximum Gasteiger partial charge on any atom is 0.258 e. The first-order valence-corrected chi connectivity index (χ1v) is 8.47. The SMILES string of the molecule is O=C1CC(c2noc(-c3ccc4cc[nH]c4c3)n2)CN1Cc1ccco1. The molecular formula is C19H16N4O3. The number of nitrogens with one attached hydrogen (secondary N) is 1. The number of carbonyl (C=O) groups excluding carboxylic acids is 1. The van der Waals surface area contributed by atoms with Crippen LogP contribution in [0.3, 0.4) is 0 Å². The minimum absolute atomic E-state index is 0.0656. The molecule has 1 atom stereocenters. The summed E-state index contributed by atoms with van der Waals surface area (Å²) >= 11 is 0. The van der Waals surface area contributed by atoms with Crippen LogP contribution in [0.2, 0.25) is 0 Å². The van der Waals surface area contributed by atoms with Gasteiger partial charge in [-0.15, -0.1) is 0 Å². The Morgan fingerprint density at radius 3 is 3.12 bits per heavy atom. The topological polar surface area (TPSA) is 88.2 Å². The molecule has 7 nitrogen and oxygen atoms in total. The van der Waals surface area contributed by atoms with Gasteiger partial charge >= 0.3 is 0 Å². The quantitative estimate of drug-likeness (QED) is 0.611. The van der Waals surface area contributed by atoms with Crippen molar-refractivity contribution in [2.24, 2.45) is 0 Å². The third-order valence-electron chi connectivity index (χ3n) is 4.75. The number of benzene rings is 1. The van der Waals surface area contributed by atoms with Crippen molar-refractivity contribution in [1.29, 1.82) is 0 Å². The molecule has 0 bridgehead atoms. The van der Waals surface area contributed by atoms with E-state index in [-0.39, 0.29) is 11.8 Å². The van der Waals surface area contributed by atoms with Crippen molar-refractivity contribution < 1.29 is 13.7 Å². The van der Waals surface area contributed by atoms with Crippen LogP contribution >= 0.6 is 0 Å². The first-order valence-electron chi connectivity index (χ1n) is 8.47. The molecule has 0 radical (unpaired) electrons. The maximum absolute atomic E-state index is 12.3. The van der Waals surface area contributed by atoms with Crippen molar-refractivity contribution in [3.05, 3.63) is 60.4 Å². The molecule has 1 aliphatic rings. The highest BCUT2D eigenvalue weighted by Gasteiger charge is 2.34. The van der Waals surface area contributed by atoms with Gasteiger partial charge in [0.2, 0.25) is 5.91 Å². The smallest absolute Gasteiger partial charge is 0.258 e. The summed E-state index contributed by atoms with van der Waals surface area (Å²) in [6.45, 7) is 1.03. The van der Waals surface area contributed by atoms with E-state index in [1.807, 2.05) is 42.6 Å². The van der Waals surface area contributed by atoms with Crippen LogP contribution in [0.1, 0.15) is 23.9 Å². The number of nitrogens with zero attached hydrogens (tertiary/aromatic N) is 3. The third kappa shape index (κ3) is 2.57. The average Bonchev–Trinajstić information content (AvgIpc) is 3.43. The number of fused-ring (bicyclic) bond motifs is 1. The summed E-state index contributed by atoms with van der Waals surface area (Å²) in [5, 5.41) is 5.24. The van der Waals surface area contributed by atoms with E-state index in [0.717, 1.165) is 22.2 Å². The number of aromatic nitrogens is 3. The van der Waals surface area contributed by atoms with E-state index < -0.39 is 0 Å². The van der Waals surface area contributed by atoms with Crippen molar-refractivity contribution >= 4 is 16.8 Å². The van der Waals surface area contributed by atoms with Gasteiger partial charge in [0, 0.05) is 36.2 Å². The van der Waals surface area contributed by atoms with E-state index in [1.165, 1.54) is 0 Å². The standard InChI is InChI=1S/C19H16N4O3/c24-17-9-14(10-23(17)11-15-2-1-7-25-15)18-21-19(26-22-18)13-4-3-12-5-6-20-16(12)8-13/h1-8,14,20H,9-11H2. The van der Waals surface area contributed by atoms with Gasteiger partial charge in [-0.25, -0.2) is 0 Å². The van der Waals surface area contributed by atoms with Crippen molar-refractivity contribution in [2.45, 2.75) is 18.9 Å². The second-order valence-electron chi connectivity index (χ2n) is 6.49. The summed E-state index contributed by atoms with van der Waals surface area (Å²) in [6, 6.07) is 11.6. The largest absolute Gasteiger partial charge is 0.467 e. The summed E-state index contributed by atoms with van der Waals surface area (Å²) in [4.78, 5) is 21.7. The molecule has 4 heterocycles. The average molecular weight is 348 g/mol. The first kappa shape index (κ1) is 14.9. The fraction of sp³-hybridized carbons (Fsp3) is 0.211. The minimum Gasteiger partial charge on any atom is -0.467 e. The monoisotopic (exact) mass is 348 g/mol. The normalized spacial score (nSPS) is 17.5. The van der Waals surface area contributed by atoms with Crippen LogP contribution in [0.25, 0.3) is 22.4 Å². The summed E-state index contributed by atoms with van der Waals surface area (Å²) in [5.41, 5.74) is 1.87. The molecule has 4 aromatic rings. The lowest BCUT2D eigenvalue weighted by Crippen LogP contribution is -2.24.